The number of anilines is 2. The van der Waals surface area contributed by atoms with E-state index in [0.29, 0.717) is 21.9 Å². The quantitative estimate of drug-likeness (QED) is 0.622. The standard InChI is InChI=1S/C15H22N2O3S/c1-4-9(18)12-11(16)10(14(19)20-3)13(21-12)17-8-15(2)6-5-7-15/h17H,4-8,16H2,1-3H3. The molecule has 0 radical (unpaired) electrons. The lowest BCUT2D eigenvalue weighted by Gasteiger charge is -2.38. The number of rotatable bonds is 6. The molecule has 1 aliphatic carbocycles. The van der Waals surface area contributed by atoms with Crippen molar-refractivity contribution < 1.29 is 14.3 Å². The largest absolute Gasteiger partial charge is 0.465 e. The van der Waals surface area contributed by atoms with Crippen LogP contribution in [0, 0.1) is 5.41 Å². The van der Waals surface area contributed by atoms with Crippen LogP contribution in [-0.2, 0) is 4.74 Å². The van der Waals surface area contributed by atoms with Gasteiger partial charge in [-0.05, 0) is 18.3 Å². The summed E-state index contributed by atoms with van der Waals surface area (Å²) in [6.07, 6.45) is 3.96. The highest BCUT2D eigenvalue weighted by Gasteiger charge is 2.33. The van der Waals surface area contributed by atoms with E-state index >= 15 is 0 Å². The molecule has 0 saturated heterocycles. The van der Waals surface area contributed by atoms with Crippen molar-refractivity contribution >= 4 is 33.8 Å². The van der Waals surface area contributed by atoms with Crippen molar-refractivity contribution in [3.63, 3.8) is 0 Å². The van der Waals surface area contributed by atoms with Gasteiger partial charge in [-0.2, -0.15) is 0 Å². The molecule has 21 heavy (non-hydrogen) atoms. The van der Waals surface area contributed by atoms with Gasteiger partial charge >= 0.3 is 5.97 Å². The number of hydrogen-bond acceptors (Lipinski definition) is 6. The highest BCUT2D eigenvalue weighted by Crippen LogP contribution is 2.42. The summed E-state index contributed by atoms with van der Waals surface area (Å²) in [5.74, 6) is -0.550. The number of ketones is 1. The van der Waals surface area contributed by atoms with E-state index in [1.807, 2.05) is 0 Å². The van der Waals surface area contributed by atoms with Crippen molar-refractivity contribution in [3.8, 4) is 0 Å². The van der Waals surface area contributed by atoms with E-state index in [9.17, 15) is 9.59 Å². The summed E-state index contributed by atoms with van der Waals surface area (Å²) in [6, 6.07) is 0. The number of nitrogen functional groups attached to an aromatic ring is 1. The summed E-state index contributed by atoms with van der Waals surface area (Å²) in [6.45, 7) is 4.77. The van der Waals surface area contributed by atoms with Crippen molar-refractivity contribution in [1.82, 2.24) is 0 Å². The van der Waals surface area contributed by atoms with E-state index in [2.05, 4.69) is 12.2 Å². The number of ether oxygens (including phenoxy) is 1. The molecule has 0 atom stereocenters. The fourth-order valence-electron chi connectivity index (χ4n) is 2.49. The summed E-state index contributed by atoms with van der Waals surface area (Å²) in [4.78, 5) is 24.3. The first kappa shape index (κ1) is 15.8. The Morgan fingerprint density at radius 3 is 2.57 bits per heavy atom. The summed E-state index contributed by atoms with van der Waals surface area (Å²) in [5.41, 5.74) is 6.79. The number of methoxy groups -OCH3 is 1. The predicted octanol–water partition coefficient (Wildman–Crippen LogP) is 3.31. The molecule has 6 heteroatoms. The Hall–Kier alpha value is -1.56. The van der Waals surface area contributed by atoms with Crippen LogP contribution in [-0.4, -0.2) is 25.4 Å². The third-order valence-corrected chi connectivity index (χ3v) is 5.35. The van der Waals surface area contributed by atoms with Gasteiger partial charge in [0.2, 0.25) is 0 Å². The lowest BCUT2D eigenvalue weighted by molar-refractivity contribution is 0.0603. The van der Waals surface area contributed by atoms with Crippen molar-refractivity contribution in [1.29, 1.82) is 0 Å². The molecule has 1 aromatic rings. The van der Waals surface area contributed by atoms with E-state index < -0.39 is 5.97 Å². The Labute approximate surface area is 128 Å². The average Bonchev–Trinajstić information content (AvgIpc) is 2.78. The van der Waals surface area contributed by atoms with Crippen molar-refractivity contribution in [2.45, 2.75) is 39.5 Å². The van der Waals surface area contributed by atoms with Crippen LogP contribution in [0.1, 0.15) is 59.6 Å². The lowest BCUT2D eigenvalue weighted by Crippen LogP contribution is -2.33. The third kappa shape index (κ3) is 3.05. The molecule has 0 aromatic carbocycles. The molecule has 3 N–H and O–H groups in total. The van der Waals surface area contributed by atoms with Crippen LogP contribution in [0.4, 0.5) is 10.7 Å². The monoisotopic (exact) mass is 310 g/mol. The zero-order chi connectivity index (χ0) is 15.6. The van der Waals surface area contributed by atoms with Crippen LogP contribution in [0.2, 0.25) is 0 Å². The molecule has 1 heterocycles. The maximum atomic E-state index is 11.9. The maximum Gasteiger partial charge on any atom is 0.343 e. The third-order valence-electron chi connectivity index (χ3n) is 4.15. The Morgan fingerprint density at radius 2 is 2.10 bits per heavy atom. The van der Waals surface area contributed by atoms with Gasteiger partial charge in [0.05, 0.1) is 17.7 Å². The number of carbonyl (C=O) groups is 2. The van der Waals surface area contributed by atoms with Gasteiger partial charge in [-0.25, -0.2) is 4.79 Å². The van der Waals surface area contributed by atoms with Crippen molar-refractivity contribution in [2.24, 2.45) is 5.41 Å². The van der Waals surface area contributed by atoms with Crippen LogP contribution in [0.25, 0.3) is 0 Å². The molecule has 1 saturated carbocycles. The van der Waals surface area contributed by atoms with E-state index in [1.165, 1.54) is 37.7 Å². The second-order valence-corrected chi connectivity index (χ2v) is 6.86. The van der Waals surface area contributed by atoms with Gasteiger partial charge in [0.1, 0.15) is 10.6 Å². The molecule has 5 nitrogen and oxygen atoms in total. The average molecular weight is 310 g/mol. The van der Waals surface area contributed by atoms with Gasteiger partial charge in [0.15, 0.2) is 5.78 Å². The van der Waals surface area contributed by atoms with E-state index in [-0.39, 0.29) is 16.9 Å². The number of hydrogen-bond donors (Lipinski definition) is 2. The van der Waals surface area contributed by atoms with Gasteiger partial charge in [-0.1, -0.05) is 20.3 Å². The molecule has 0 amide bonds. The molecule has 0 spiro atoms. The Kier molecular flexibility index (Phi) is 4.56. The SMILES string of the molecule is CCC(=O)c1sc(NCC2(C)CCC2)c(C(=O)OC)c1N. The highest BCUT2D eigenvalue weighted by atomic mass is 32.1. The van der Waals surface area contributed by atoms with Gasteiger partial charge in [0.25, 0.3) is 0 Å². The molecule has 1 aliphatic rings. The first-order valence-corrected chi connectivity index (χ1v) is 8.01. The Morgan fingerprint density at radius 1 is 1.43 bits per heavy atom. The topological polar surface area (TPSA) is 81.4 Å². The molecule has 0 unspecified atom stereocenters. The van der Waals surface area contributed by atoms with Crippen molar-refractivity contribution in [2.75, 3.05) is 24.7 Å². The lowest BCUT2D eigenvalue weighted by atomic mass is 9.70. The van der Waals surface area contributed by atoms with Gasteiger partial charge in [-0.15, -0.1) is 11.3 Å². The zero-order valence-electron chi connectivity index (χ0n) is 12.7. The Bertz CT molecular complexity index is 562. The van der Waals surface area contributed by atoms with Gasteiger partial charge in [-0.3, -0.25) is 4.79 Å². The normalized spacial score (nSPS) is 16.1. The number of nitrogens with one attached hydrogen (secondary N) is 1. The van der Waals surface area contributed by atoms with Crippen LogP contribution < -0.4 is 11.1 Å². The van der Waals surface area contributed by atoms with Crippen LogP contribution in [0.15, 0.2) is 0 Å². The maximum absolute atomic E-state index is 11.9. The summed E-state index contributed by atoms with van der Waals surface area (Å²) < 4.78 is 4.79. The number of esters is 1. The van der Waals surface area contributed by atoms with Gasteiger partial charge < -0.3 is 15.8 Å². The second kappa shape index (κ2) is 6.05. The first-order chi connectivity index (χ1) is 9.91. The zero-order valence-corrected chi connectivity index (χ0v) is 13.6. The summed E-state index contributed by atoms with van der Waals surface area (Å²) in [7, 11) is 1.32. The summed E-state index contributed by atoms with van der Waals surface area (Å²) >= 11 is 1.25. The minimum Gasteiger partial charge on any atom is -0.465 e. The molecular weight excluding hydrogens is 288 g/mol. The molecular formula is C15H22N2O3S. The van der Waals surface area contributed by atoms with Gasteiger partial charge in [0, 0.05) is 13.0 Å². The molecule has 1 fully saturated rings. The number of Topliss-reactive ketones (excluding diaryl/α,β-unsaturated/α-hetero) is 1. The number of nitrogens with two attached hydrogens (primary N) is 1. The molecule has 116 valence electrons. The van der Waals surface area contributed by atoms with E-state index in [1.54, 1.807) is 6.92 Å². The number of carbonyl (C=O) groups excluding carboxylic acids is 2. The highest BCUT2D eigenvalue weighted by molar-refractivity contribution is 7.19. The minimum absolute atomic E-state index is 0.0504. The van der Waals surface area contributed by atoms with E-state index in [0.717, 1.165) is 6.54 Å². The fourth-order valence-corrected chi connectivity index (χ4v) is 3.61. The first-order valence-electron chi connectivity index (χ1n) is 7.19. The van der Waals surface area contributed by atoms with Crippen LogP contribution >= 0.6 is 11.3 Å². The minimum atomic E-state index is -0.500. The second-order valence-electron chi connectivity index (χ2n) is 5.84. The van der Waals surface area contributed by atoms with E-state index in [4.69, 9.17) is 10.5 Å². The van der Waals surface area contributed by atoms with Crippen LogP contribution in [0.5, 0.6) is 0 Å². The van der Waals surface area contributed by atoms with Crippen molar-refractivity contribution in [3.05, 3.63) is 10.4 Å². The molecule has 2 rings (SSSR count). The predicted molar refractivity (Wildman–Crippen MR) is 85.1 cm³/mol. The molecule has 0 bridgehead atoms. The Balaban J connectivity index is 2.29. The molecule has 1 aromatic heterocycles. The number of thiophene rings is 1. The smallest absolute Gasteiger partial charge is 0.343 e. The fraction of sp³-hybridized carbons (Fsp3) is 0.600. The van der Waals surface area contributed by atoms with Crippen LogP contribution in [0.3, 0.4) is 0 Å². The molecule has 0 aliphatic heterocycles. The summed E-state index contributed by atoms with van der Waals surface area (Å²) in [5, 5.41) is 3.94.